The predicted octanol–water partition coefficient (Wildman–Crippen LogP) is 2.53. The first-order chi connectivity index (χ1) is 8.28. The molecule has 18 heavy (non-hydrogen) atoms. The van der Waals surface area contributed by atoms with Crippen LogP contribution in [-0.4, -0.2) is 13.1 Å². The number of nitrogens with two attached hydrogens (primary N) is 1. The van der Waals surface area contributed by atoms with Gasteiger partial charge in [-0.3, -0.25) is 0 Å². The topological polar surface area (TPSA) is 38.0 Å². The molecule has 1 heterocycles. The number of hydrogen-bond acceptors (Lipinski definition) is 2. The molecule has 0 amide bonds. The van der Waals surface area contributed by atoms with Crippen LogP contribution in [0.5, 0.6) is 0 Å². The highest BCUT2D eigenvalue weighted by Gasteiger charge is 2.33. The molecule has 94 valence electrons. The molecule has 1 aliphatic heterocycles. The fourth-order valence-electron chi connectivity index (χ4n) is 2.22. The summed E-state index contributed by atoms with van der Waals surface area (Å²) in [5, 5.41) is 3.22. The molecule has 3 heteroatoms. The van der Waals surface area contributed by atoms with Crippen molar-refractivity contribution in [3.8, 4) is 11.1 Å². The maximum absolute atomic E-state index is 6.25. The van der Waals surface area contributed by atoms with Crippen LogP contribution < -0.4 is 11.1 Å². The average Bonchev–Trinajstić information content (AvgIpc) is 2.37. The number of halogens is 1. The molecule has 2 aromatic rings. The fraction of sp³-hybridized carbons (Fsp3) is 0.200. The van der Waals surface area contributed by atoms with E-state index in [9.17, 15) is 0 Å². The van der Waals surface area contributed by atoms with Gasteiger partial charge in [-0.2, -0.15) is 0 Å². The fourth-order valence-corrected chi connectivity index (χ4v) is 2.22. The quantitative estimate of drug-likeness (QED) is 0.871. The van der Waals surface area contributed by atoms with E-state index in [-0.39, 0.29) is 17.9 Å². The number of hydrogen-bond donors (Lipinski definition) is 2. The van der Waals surface area contributed by atoms with Crippen molar-refractivity contribution in [3.05, 3.63) is 60.2 Å². The maximum atomic E-state index is 6.25. The number of rotatable bonds is 2. The van der Waals surface area contributed by atoms with E-state index in [1.54, 1.807) is 0 Å². The van der Waals surface area contributed by atoms with Gasteiger partial charge in [0.15, 0.2) is 0 Å². The van der Waals surface area contributed by atoms with Crippen LogP contribution in [0.2, 0.25) is 0 Å². The molecular weight excluding hydrogens is 244 g/mol. The molecule has 3 N–H and O–H groups in total. The second-order valence-electron chi connectivity index (χ2n) is 4.70. The summed E-state index contributed by atoms with van der Waals surface area (Å²) in [6, 6.07) is 19.0. The van der Waals surface area contributed by atoms with Crippen LogP contribution in [0.15, 0.2) is 54.6 Å². The normalized spacial score (nSPS) is 16.5. The molecule has 0 spiro atoms. The van der Waals surface area contributed by atoms with Crippen molar-refractivity contribution in [1.82, 2.24) is 5.32 Å². The minimum absolute atomic E-state index is 0. The first-order valence-electron chi connectivity index (χ1n) is 5.93. The Morgan fingerprint density at radius 2 is 1.39 bits per heavy atom. The van der Waals surface area contributed by atoms with Crippen molar-refractivity contribution >= 4 is 12.4 Å². The van der Waals surface area contributed by atoms with Crippen LogP contribution >= 0.6 is 12.4 Å². The van der Waals surface area contributed by atoms with E-state index in [1.807, 2.05) is 6.07 Å². The van der Waals surface area contributed by atoms with Gasteiger partial charge in [0.1, 0.15) is 0 Å². The molecule has 1 aliphatic rings. The lowest BCUT2D eigenvalue weighted by molar-refractivity contribution is 0.287. The van der Waals surface area contributed by atoms with Gasteiger partial charge in [0.2, 0.25) is 0 Å². The molecule has 0 aliphatic carbocycles. The van der Waals surface area contributed by atoms with E-state index < -0.39 is 0 Å². The van der Waals surface area contributed by atoms with E-state index in [2.05, 4.69) is 53.8 Å². The van der Waals surface area contributed by atoms with E-state index in [1.165, 1.54) is 16.7 Å². The van der Waals surface area contributed by atoms with Gasteiger partial charge < -0.3 is 11.1 Å². The molecule has 2 aromatic carbocycles. The second-order valence-corrected chi connectivity index (χ2v) is 4.70. The summed E-state index contributed by atoms with van der Waals surface area (Å²) < 4.78 is 0. The average molecular weight is 261 g/mol. The van der Waals surface area contributed by atoms with Gasteiger partial charge in [0.25, 0.3) is 0 Å². The van der Waals surface area contributed by atoms with Crippen LogP contribution in [0, 0.1) is 0 Å². The van der Waals surface area contributed by atoms with Crippen LogP contribution in [0.4, 0.5) is 0 Å². The summed E-state index contributed by atoms with van der Waals surface area (Å²) in [4.78, 5) is 0. The second kappa shape index (κ2) is 5.11. The molecule has 0 radical (unpaired) electrons. The lowest BCUT2D eigenvalue weighted by atomic mass is 9.85. The Hall–Kier alpha value is -1.35. The summed E-state index contributed by atoms with van der Waals surface area (Å²) in [7, 11) is 0. The Kier molecular flexibility index (Phi) is 3.71. The minimum Gasteiger partial charge on any atom is -0.319 e. The Morgan fingerprint density at radius 3 is 1.89 bits per heavy atom. The Balaban J connectivity index is 0.00000120. The summed E-state index contributed by atoms with van der Waals surface area (Å²) in [6.07, 6.45) is 0. The highest BCUT2D eigenvalue weighted by molar-refractivity contribution is 5.85. The largest absolute Gasteiger partial charge is 0.319 e. The third kappa shape index (κ3) is 2.27. The third-order valence-electron chi connectivity index (χ3n) is 3.45. The summed E-state index contributed by atoms with van der Waals surface area (Å²) in [5.74, 6) is 0. The highest BCUT2D eigenvalue weighted by Crippen LogP contribution is 2.25. The standard InChI is InChI=1S/C15H16N2.ClH/c16-15(10-17-11-15)14-8-6-13(7-9-14)12-4-2-1-3-5-12;/h1-9,17H,10-11,16H2;1H. The van der Waals surface area contributed by atoms with Crippen LogP contribution in [0.25, 0.3) is 11.1 Å². The molecule has 0 unspecified atom stereocenters. The van der Waals surface area contributed by atoms with Crippen molar-refractivity contribution in [2.24, 2.45) is 5.73 Å². The third-order valence-corrected chi connectivity index (χ3v) is 3.45. The summed E-state index contributed by atoms with van der Waals surface area (Å²) in [6.45, 7) is 1.75. The molecule has 1 saturated heterocycles. The molecule has 0 bridgehead atoms. The molecule has 1 fully saturated rings. The number of benzene rings is 2. The van der Waals surface area contributed by atoms with Crippen molar-refractivity contribution in [3.63, 3.8) is 0 Å². The zero-order chi connectivity index (χ0) is 11.7. The zero-order valence-corrected chi connectivity index (χ0v) is 10.9. The molecule has 2 nitrogen and oxygen atoms in total. The van der Waals surface area contributed by atoms with E-state index in [0.29, 0.717) is 0 Å². The summed E-state index contributed by atoms with van der Waals surface area (Å²) >= 11 is 0. The molecule has 0 saturated carbocycles. The van der Waals surface area contributed by atoms with Crippen molar-refractivity contribution < 1.29 is 0 Å². The van der Waals surface area contributed by atoms with E-state index in [4.69, 9.17) is 5.73 Å². The lowest BCUT2D eigenvalue weighted by Gasteiger charge is -2.39. The van der Waals surface area contributed by atoms with E-state index >= 15 is 0 Å². The molecular formula is C15H17ClN2. The summed E-state index contributed by atoms with van der Waals surface area (Å²) in [5.41, 5.74) is 9.80. The Morgan fingerprint density at radius 1 is 0.833 bits per heavy atom. The van der Waals surface area contributed by atoms with Crippen LogP contribution in [-0.2, 0) is 5.54 Å². The monoisotopic (exact) mass is 260 g/mol. The van der Waals surface area contributed by atoms with Gasteiger partial charge in [0, 0.05) is 13.1 Å². The van der Waals surface area contributed by atoms with Gasteiger partial charge in [-0.15, -0.1) is 12.4 Å². The van der Waals surface area contributed by atoms with Crippen molar-refractivity contribution in [2.45, 2.75) is 5.54 Å². The van der Waals surface area contributed by atoms with Gasteiger partial charge in [0.05, 0.1) is 5.54 Å². The predicted molar refractivity (Wildman–Crippen MR) is 77.9 cm³/mol. The molecule has 0 aromatic heterocycles. The van der Waals surface area contributed by atoms with Gasteiger partial charge in [-0.25, -0.2) is 0 Å². The SMILES string of the molecule is Cl.NC1(c2ccc(-c3ccccc3)cc2)CNC1. The van der Waals surface area contributed by atoms with Gasteiger partial charge in [-0.05, 0) is 16.7 Å². The first kappa shape index (κ1) is 13.1. The van der Waals surface area contributed by atoms with Gasteiger partial charge in [-0.1, -0.05) is 54.6 Å². The lowest BCUT2D eigenvalue weighted by Crippen LogP contribution is -2.62. The highest BCUT2D eigenvalue weighted by atomic mass is 35.5. The number of nitrogens with one attached hydrogen (secondary N) is 1. The van der Waals surface area contributed by atoms with Crippen LogP contribution in [0.3, 0.4) is 0 Å². The Bertz CT molecular complexity index is 504. The van der Waals surface area contributed by atoms with E-state index in [0.717, 1.165) is 13.1 Å². The van der Waals surface area contributed by atoms with Gasteiger partial charge >= 0.3 is 0 Å². The molecule has 0 atom stereocenters. The smallest absolute Gasteiger partial charge is 0.0662 e. The maximum Gasteiger partial charge on any atom is 0.0662 e. The first-order valence-corrected chi connectivity index (χ1v) is 5.93. The Labute approximate surface area is 114 Å². The molecule has 3 rings (SSSR count). The van der Waals surface area contributed by atoms with Crippen molar-refractivity contribution in [2.75, 3.05) is 13.1 Å². The zero-order valence-electron chi connectivity index (χ0n) is 10.1. The van der Waals surface area contributed by atoms with Crippen LogP contribution in [0.1, 0.15) is 5.56 Å². The minimum atomic E-state index is -0.158. The van der Waals surface area contributed by atoms with Crippen molar-refractivity contribution in [1.29, 1.82) is 0 Å².